The van der Waals surface area contributed by atoms with Crippen molar-refractivity contribution in [2.24, 2.45) is 29.1 Å². The fraction of sp³-hybridized carbons (Fsp3) is 0.690. The maximum Gasteiger partial charge on any atom is 0.251 e. The minimum atomic E-state index is -0.594. The summed E-state index contributed by atoms with van der Waals surface area (Å²) in [6, 6.07) is 8.68. The summed E-state index contributed by atoms with van der Waals surface area (Å²) in [6.45, 7) is 11.0. The second kappa shape index (κ2) is 11.9. The summed E-state index contributed by atoms with van der Waals surface area (Å²) in [6.07, 6.45) is 3.02. The van der Waals surface area contributed by atoms with Crippen molar-refractivity contribution in [3.63, 3.8) is 0 Å². The predicted molar refractivity (Wildman–Crippen MR) is 141 cm³/mol. The van der Waals surface area contributed by atoms with Crippen molar-refractivity contribution in [3.05, 3.63) is 35.4 Å². The van der Waals surface area contributed by atoms with Crippen LogP contribution in [0.1, 0.15) is 62.4 Å². The van der Waals surface area contributed by atoms with Gasteiger partial charge in [0.1, 0.15) is 0 Å². The number of hydrogen-bond acceptors (Lipinski definition) is 6. The van der Waals surface area contributed by atoms with E-state index in [9.17, 15) is 14.7 Å². The van der Waals surface area contributed by atoms with Crippen LogP contribution in [0.4, 0.5) is 0 Å². The second-order valence-electron chi connectivity index (χ2n) is 11.6. The average molecular weight is 511 g/mol. The van der Waals surface area contributed by atoms with Crippen LogP contribution in [0.25, 0.3) is 0 Å². The van der Waals surface area contributed by atoms with Gasteiger partial charge in [0, 0.05) is 43.7 Å². The molecule has 0 aromatic heterocycles. The molecule has 0 bridgehead atoms. The van der Waals surface area contributed by atoms with Crippen molar-refractivity contribution >= 4 is 11.8 Å². The van der Waals surface area contributed by atoms with Crippen molar-refractivity contribution < 1.29 is 19.4 Å². The van der Waals surface area contributed by atoms with E-state index >= 15 is 0 Å². The van der Waals surface area contributed by atoms with E-state index in [4.69, 9.17) is 10.00 Å². The van der Waals surface area contributed by atoms with Crippen molar-refractivity contribution in [1.29, 1.82) is 5.26 Å². The molecule has 1 saturated heterocycles. The molecule has 202 valence electrons. The molecule has 1 aliphatic heterocycles. The zero-order valence-electron chi connectivity index (χ0n) is 22.4. The summed E-state index contributed by atoms with van der Waals surface area (Å²) in [5.74, 6) is -0.429. The SMILES string of the molecule is CC(C(=O)NCCN1CCOCC1)C1CCC2(C)CCC(NC(=O)c3ccc(C#N)cc3)C(C)C2C1O. The van der Waals surface area contributed by atoms with Crippen molar-refractivity contribution in [2.75, 3.05) is 39.4 Å². The van der Waals surface area contributed by atoms with E-state index in [1.807, 2.05) is 6.92 Å². The smallest absolute Gasteiger partial charge is 0.251 e. The van der Waals surface area contributed by atoms with Crippen LogP contribution in [-0.2, 0) is 9.53 Å². The molecular formula is C29H42N4O4. The van der Waals surface area contributed by atoms with E-state index in [-0.39, 0.29) is 46.9 Å². The Labute approximate surface area is 220 Å². The van der Waals surface area contributed by atoms with Gasteiger partial charge >= 0.3 is 0 Å². The topological polar surface area (TPSA) is 115 Å². The van der Waals surface area contributed by atoms with E-state index in [0.29, 0.717) is 17.7 Å². The van der Waals surface area contributed by atoms with Crippen LogP contribution in [0.2, 0.25) is 0 Å². The lowest BCUT2D eigenvalue weighted by atomic mass is 9.51. The highest BCUT2D eigenvalue weighted by Gasteiger charge is 2.53. The standard InChI is InChI=1S/C29H42N4O4/c1-19(27(35)31-12-13-33-14-16-37-17-15-33)23-8-10-29(3)11-9-24(20(2)25(29)26(23)34)32-28(36)22-6-4-21(18-30)5-7-22/h4-7,19-20,23-26,34H,8-17H2,1-3H3,(H,31,35)(H,32,36). The van der Waals surface area contributed by atoms with Crippen molar-refractivity contribution in [2.45, 2.75) is 58.6 Å². The van der Waals surface area contributed by atoms with Crippen LogP contribution < -0.4 is 10.6 Å². The van der Waals surface area contributed by atoms with Gasteiger partial charge < -0.3 is 20.5 Å². The number of rotatable bonds is 7. The molecular weight excluding hydrogens is 468 g/mol. The van der Waals surface area contributed by atoms with Crippen LogP contribution in [-0.4, -0.2) is 73.4 Å². The number of ether oxygens (including phenoxy) is 1. The van der Waals surface area contributed by atoms with Crippen LogP contribution in [0, 0.1) is 40.4 Å². The van der Waals surface area contributed by atoms with Gasteiger partial charge in [-0.3, -0.25) is 14.5 Å². The summed E-state index contributed by atoms with van der Waals surface area (Å²) >= 11 is 0. The number of aliphatic hydroxyl groups is 1. The lowest BCUT2D eigenvalue weighted by Gasteiger charge is -2.56. The highest BCUT2D eigenvalue weighted by molar-refractivity contribution is 5.94. The molecule has 2 aliphatic carbocycles. The van der Waals surface area contributed by atoms with E-state index < -0.39 is 6.10 Å². The first-order valence-corrected chi connectivity index (χ1v) is 13.8. The van der Waals surface area contributed by atoms with Gasteiger partial charge in [-0.15, -0.1) is 0 Å². The van der Waals surface area contributed by atoms with Gasteiger partial charge in [0.05, 0.1) is 31.0 Å². The minimum absolute atomic E-state index is 0.00245. The molecule has 3 aliphatic rings. The normalized spacial score (nSPS) is 33.0. The van der Waals surface area contributed by atoms with Crippen molar-refractivity contribution in [3.8, 4) is 6.07 Å². The minimum Gasteiger partial charge on any atom is -0.392 e. The van der Waals surface area contributed by atoms with E-state index in [1.165, 1.54) is 0 Å². The molecule has 1 aromatic rings. The molecule has 2 saturated carbocycles. The maximum absolute atomic E-state index is 13.0. The van der Waals surface area contributed by atoms with Crippen LogP contribution in [0.15, 0.2) is 24.3 Å². The van der Waals surface area contributed by atoms with Gasteiger partial charge in [0.25, 0.3) is 5.91 Å². The molecule has 37 heavy (non-hydrogen) atoms. The average Bonchev–Trinajstić information content (AvgIpc) is 2.90. The summed E-state index contributed by atoms with van der Waals surface area (Å²) in [5.41, 5.74) is 1.05. The summed E-state index contributed by atoms with van der Waals surface area (Å²) in [5, 5.41) is 26.9. The summed E-state index contributed by atoms with van der Waals surface area (Å²) < 4.78 is 5.39. The van der Waals surface area contributed by atoms with Gasteiger partial charge in [-0.1, -0.05) is 20.8 Å². The van der Waals surface area contributed by atoms with Gasteiger partial charge in [-0.05, 0) is 73.1 Å². The molecule has 0 spiro atoms. The van der Waals surface area contributed by atoms with E-state index in [2.05, 4.69) is 35.5 Å². The third kappa shape index (κ3) is 6.17. The number of morpholine rings is 1. The van der Waals surface area contributed by atoms with E-state index in [1.54, 1.807) is 24.3 Å². The molecule has 2 amide bonds. The van der Waals surface area contributed by atoms with Gasteiger partial charge in [0.15, 0.2) is 0 Å². The Balaban J connectivity index is 1.36. The number of hydrogen-bond donors (Lipinski definition) is 3. The molecule has 1 heterocycles. The fourth-order valence-corrected chi connectivity index (χ4v) is 6.96. The first-order valence-electron chi connectivity index (χ1n) is 13.8. The molecule has 3 N–H and O–H groups in total. The van der Waals surface area contributed by atoms with Crippen LogP contribution >= 0.6 is 0 Å². The number of carbonyl (C=O) groups excluding carboxylic acids is 2. The van der Waals surface area contributed by atoms with Gasteiger partial charge in [-0.2, -0.15) is 5.26 Å². The predicted octanol–water partition coefficient (Wildman–Crippen LogP) is 2.56. The zero-order valence-corrected chi connectivity index (χ0v) is 22.4. The fourth-order valence-electron chi connectivity index (χ4n) is 6.96. The second-order valence-corrected chi connectivity index (χ2v) is 11.6. The largest absolute Gasteiger partial charge is 0.392 e. The maximum atomic E-state index is 13.0. The number of nitrogens with one attached hydrogen (secondary N) is 2. The summed E-state index contributed by atoms with van der Waals surface area (Å²) in [4.78, 5) is 28.3. The highest BCUT2D eigenvalue weighted by Crippen LogP contribution is 2.55. The number of aliphatic hydroxyl groups excluding tert-OH is 1. The Morgan fingerprint density at radius 1 is 1.22 bits per heavy atom. The highest BCUT2D eigenvalue weighted by atomic mass is 16.5. The van der Waals surface area contributed by atoms with Crippen LogP contribution in [0.3, 0.4) is 0 Å². The monoisotopic (exact) mass is 510 g/mol. The molecule has 4 rings (SSSR count). The third-order valence-corrected chi connectivity index (χ3v) is 9.37. The van der Waals surface area contributed by atoms with Crippen molar-refractivity contribution in [1.82, 2.24) is 15.5 Å². The molecule has 7 atom stereocenters. The lowest BCUT2D eigenvalue weighted by Crippen LogP contribution is -2.58. The molecule has 1 aromatic carbocycles. The number of fused-ring (bicyclic) bond motifs is 1. The first-order chi connectivity index (χ1) is 17.7. The Bertz CT molecular complexity index is 987. The summed E-state index contributed by atoms with van der Waals surface area (Å²) in [7, 11) is 0. The molecule has 3 fully saturated rings. The molecule has 8 heteroatoms. The van der Waals surface area contributed by atoms with E-state index in [0.717, 1.165) is 58.5 Å². The number of carbonyl (C=O) groups is 2. The number of nitriles is 1. The Morgan fingerprint density at radius 3 is 2.57 bits per heavy atom. The first kappa shape index (κ1) is 27.6. The third-order valence-electron chi connectivity index (χ3n) is 9.37. The van der Waals surface area contributed by atoms with Gasteiger partial charge in [-0.25, -0.2) is 0 Å². The molecule has 0 radical (unpaired) electrons. The Morgan fingerprint density at radius 2 is 1.89 bits per heavy atom. The number of benzene rings is 1. The zero-order chi connectivity index (χ0) is 26.6. The lowest BCUT2D eigenvalue weighted by molar-refractivity contribution is -0.142. The Hall–Kier alpha value is -2.47. The molecule has 8 nitrogen and oxygen atoms in total. The molecule has 7 unspecified atom stereocenters. The van der Waals surface area contributed by atoms with Gasteiger partial charge in [0.2, 0.25) is 5.91 Å². The quantitative estimate of drug-likeness (QED) is 0.519. The number of nitrogens with zero attached hydrogens (tertiary/aromatic N) is 2. The van der Waals surface area contributed by atoms with Crippen LogP contribution in [0.5, 0.6) is 0 Å². The Kier molecular flexibility index (Phi) is 8.89. The number of amides is 2.